The molecule has 0 radical (unpaired) electrons. The van der Waals surface area contributed by atoms with Crippen LogP contribution in [0.4, 0.5) is 0 Å². The van der Waals surface area contributed by atoms with E-state index < -0.39 is 11.0 Å². The molecule has 0 aromatic heterocycles. The van der Waals surface area contributed by atoms with Gasteiger partial charge in [-0.1, -0.05) is 0 Å². The molecular weight excluding hydrogens is 216 g/mol. The summed E-state index contributed by atoms with van der Waals surface area (Å²) in [4.78, 5) is 14.0. The SMILES string of the molecule is CC(C)OCCN(C)C(=O)C(C)(C)C(C)(C)N. The summed E-state index contributed by atoms with van der Waals surface area (Å²) in [6, 6.07) is 0. The van der Waals surface area contributed by atoms with Crippen LogP contribution in [0.2, 0.25) is 0 Å². The molecule has 0 atom stereocenters. The van der Waals surface area contributed by atoms with E-state index in [2.05, 4.69) is 0 Å². The fourth-order valence-electron chi connectivity index (χ4n) is 1.28. The second kappa shape index (κ2) is 5.83. The lowest BCUT2D eigenvalue weighted by Crippen LogP contribution is -2.56. The lowest BCUT2D eigenvalue weighted by Gasteiger charge is -2.39. The molecule has 0 aromatic carbocycles. The van der Waals surface area contributed by atoms with Crippen LogP contribution in [-0.2, 0) is 9.53 Å². The van der Waals surface area contributed by atoms with Crippen molar-refractivity contribution in [3.8, 4) is 0 Å². The van der Waals surface area contributed by atoms with Crippen LogP contribution >= 0.6 is 0 Å². The molecule has 0 aliphatic rings. The Bertz CT molecular complexity index is 255. The number of hydrogen-bond donors (Lipinski definition) is 1. The molecule has 2 N–H and O–H groups in total. The lowest BCUT2D eigenvalue weighted by molar-refractivity contribution is -0.143. The molecule has 0 unspecified atom stereocenters. The van der Waals surface area contributed by atoms with Gasteiger partial charge in [0.05, 0.1) is 18.1 Å². The smallest absolute Gasteiger partial charge is 0.229 e. The molecular formula is C13H28N2O2. The Morgan fingerprint density at radius 2 is 1.76 bits per heavy atom. The molecule has 17 heavy (non-hydrogen) atoms. The highest BCUT2D eigenvalue weighted by molar-refractivity contribution is 5.83. The highest BCUT2D eigenvalue weighted by atomic mass is 16.5. The van der Waals surface area contributed by atoms with E-state index in [0.717, 1.165) is 0 Å². The first-order valence-corrected chi connectivity index (χ1v) is 6.16. The molecule has 4 heteroatoms. The summed E-state index contributed by atoms with van der Waals surface area (Å²) in [6.07, 6.45) is 0.192. The molecule has 0 bridgehead atoms. The van der Waals surface area contributed by atoms with Gasteiger partial charge in [-0.2, -0.15) is 0 Å². The minimum Gasteiger partial charge on any atom is -0.377 e. The van der Waals surface area contributed by atoms with Gasteiger partial charge in [0.15, 0.2) is 0 Å². The molecule has 0 aliphatic heterocycles. The van der Waals surface area contributed by atoms with Crippen molar-refractivity contribution in [1.82, 2.24) is 4.90 Å². The zero-order chi connectivity index (χ0) is 13.9. The van der Waals surface area contributed by atoms with Crippen LogP contribution in [-0.4, -0.2) is 42.6 Å². The number of nitrogens with zero attached hydrogens (tertiary/aromatic N) is 1. The molecule has 0 saturated heterocycles. The van der Waals surface area contributed by atoms with Gasteiger partial charge < -0.3 is 15.4 Å². The first-order valence-electron chi connectivity index (χ1n) is 6.16. The fourth-order valence-corrected chi connectivity index (χ4v) is 1.28. The van der Waals surface area contributed by atoms with Crippen LogP contribution < -0.4 is 5.73 Å². The van der Waals surface area contributed by atoms with E-state index >= 15 is 0 Å². The van der Waals surface area contributed by atoms with Gasteiger partial charge in [-0.3, -0.25) is 4.79 Å². The number of carbonyl (C=O) groups is 1. The molecule has 0 fully saturated rings. The van der Waals surface area contributed by atoms with Crippen LogP contribution in [0.3, 0.4) is 0 Å². The van der Waals surface area contributed by atoms with Crippen LogP contribution in [0.25, 0.3) is 0 Å². The van der Waals surface area contributed by atoms with Gasteiger partial charge in [-0.25, -0.2) is 0 Å². The third-order valence-corrected chi connectivity index (χ3v) is 3.37. The van der Waals surface area contributed by atoms with Crippen molar-refractivity contribution < 1.29 is 9.53 Å². The number of ether oxygens (including phenoxy) is 1. The quantitative estimate of drug-likeness (QED) is 0.772. The summed E-state index contributed by atoms with van der Waals surface area (Å²) in [7, 11) is 1.79. The average Bonchev–Trinajstić information content (AvgIpc) is 2.13. The number of carbonyl (C=O) groups excluding carboxylic acids is 1. The van der Waals surface area contributed by atoms with Gasteiger partial charge in [0.2, 0.25) is 5.91 Å². The van der Waals surface area contributed by atoms with Crippen molar-refractivity contribution in [2.45, 2.75) is 53.2 Å². The topological polar surface area (TPSA) is 55.6 Å². The van der Waals surface area contributed by atoms with E-state index in [1.165, 1.54) is 0 Å². The number of nitrogens with two attached hydrogens (primary N) is 1. The van der Waals surface area contributed by atoms with Gasteiger partial charge in [0.1, 0.15) is 0 Å². The largest absolute Gasteiger partial charge is 0.377 e. The summed E-state index contributed by atoms with van der Waals surface area (Å²) >= 11 is 0. The molecule has 1 amide bonds. The number of rotatable bonds is 6. The van der Waals surface area contributed by atoms with E-state index in [1.807, 2.05) is 41.5 Å². The van der Waals surface area contributed by atoms with Gasteiger partial charge in [0, 0.05) is 19.1 Å². The van der Waals surface area contributed by atoms with E-state index in [0.29, 0.717) is 13.2 Å². The van der Waals surface area contributed by atoms with Gasteiger partial charge in [-0.15, -0.1) is 0 Å². The summed E-state index contributed by atoms with van der Waals surface area (Å²) in [5, 5.41) is 0. The summed E-state index contributed by atoms with van der Waals surface area (Å²) in [6.45, 7) is 12.6. The van der Waals surface area contributed by atoms with Crippen LogP contribution in [0.15, 0.2) is 0 Å². The van der Waals surface area contributed by atoms with Crippen molar-refractivity contribution in [3.05, 3.63) is 0 Å². The molecule has 0 heterocycles. The fraction of sp³-hybridized carbons (Fsp3) is 0.923. The number of likely N-dealkylation sites (N-methyl/N-ethyl adjacent to an activating group) is 1. The monoisotopic (exact) mass is 244 g/mol. The maximum Gasteiger partial charge on any atom is 0.229 e. The van der Waals surface area contributed by atoms with Gasteiger partial charge >= 0.3 is 0 Å². The van der Waals surface area contributed by atoms with E-state index in [1.54, 1.807) is 11.9 Å². The zero-order valence-corrected chi connectivity index (χ0v) is 12.3. The Morgan fingerprint density at radius 1 is 1.29 bits per heavy atom. The van der Waals surface area contributed by atoms with Crippen molar-refractivity contribution in [1.29, 1.82) is 0 Å². The molecule has 0 rings (SSSR count). The lowest BCUT2D eigenvalue weighted by atomic mass is 9.74. The van der Waals surface area contributed by atoms with E-state index in [9.17, 15) is 4.79 Å². The van der Waals surface area contributed by atoms with Crippen molar-refractivity contribution in [2.75, 3.05) is 20.2 Å². The Labute approximate surface area is 105 Å². The second-order valence-electron chi connectivity index (χ2n) is 5.99. The Hall–Kier alpha value is -0.610. The minimum atomic E-state index is -0.584. The van der Waals surface area contributed by atoms with Crippen molar-refractivity contribution in [2.24, 2.45) is 11.1 Å². The normalized spacial score (nSPS) is 13.0. The summed E-state index contributed by atoms with van der Waals surface area (Å²) in [5.41, 5.74) is 4.92. The predicted molar refractivity (Wildman–Crippen MR) is 70.8 cm³/mol. The Morgan fingerprint density at radius 3 is 2.12 bits per heavy atom. The highest BCUT2D eigenvalue weighted by Crippen LogP contribution is 2.30. The summed E-state index contributed by atoms with van der Waals surface area (Å²) < 4.78 is 5.44. The number of hydrogen-bond acceptors (Lipinski definition) is 3. The van der Waals surface area contributed by atoms with Crippen molar-refractivity contribution in [3.63, 3.8) is 0 Å². The molecule has 102 valence electrons. The maximum atomic E-state index is 12.3. The summed E-state index contributed by atoms with van der Waals surface area (Å²) in [5.74, 6) is 0.0531. The third-order valence-electron chi connectivity index (χ3n) is 3.37. The van der Waals surface area contributed by atoms with Gasteiger partial charge in [0.25, 0.3) is 0 Å². The first kappa shape index (κ1) is 16.4. The van der Waals surface area contributed by atoms with Crippen LogP contribution in [0.1, 0.15) is 41.5 Å². The zero-order valence-electron chi connectivity index (χ0n) is 12.3. The molecule has 4 nitrogen and oxygen atoms in total. The average molecular weight is 244 g/mol. The Balaban J connectivity index is 4.40. The van der Waals surface area contributed by atoms with Crippen LogP contribution in [0, 0.1) is 5.41 Å². The standard InChI is InChI=1S/C13H28N2O2/c1-10(2)17-9-8-15(7)11(16)12(3,4)13(5,6)14/h10H,8-9,14H2,1-7H3. The highest BCUT2D eigenvalue weighted by Gasteiger charge is 2.41. The maximum absolute atomic E-state index is 12.3. The molecule has 0 aromatic rings. The third kappa shape index (κ3) is 4.64. The minimum absolute atomic E-state index is 0.0531. The van der Waals surface area contributed by atoms with Crippen LogP contribution in [0.5, 0.6) is 0 Å². The Kier molecular flexibility index (Phi) is 5.62. The predicted octanol–water partition coefficient (Wildman–Crippen LogP) is 1.63. The van der Waals surface area contributed by atoms with E-state index in [-0.39, 0.29) is 12.0 Å². The molecule has 0 aliphatic carbocycles. The first-order chi connectivity index (χ1) is 7.50. The molecule has 0 spiro atoms. The van der Waals surface area contributed by atoms with E-state index in [4.69, 9.17) is 10.5 Å². The number of amides is 1. The molecule has 0 saturated carbocycles. The van der Waals surface area contributed by atoms with Crippen molar-refractivity contribution >= 4 is 5.91 Å². The second-order valence-corrected chi connectivity index (χ2v) is 5.99. The van der Waals surface area contributed by atoms with Gasteiger partial charge in [-0.05, 0) is 41.5 Å².